The Morgan fingerprint density at radius 2 is 1.91 bits per heavy atom. The van der Waals surface area contributed by atoms with Gasteiger partial charge in [0.05, 0.1) is 24.6 Å². The molecule has 2 heterocycles. The Morgan fingerprint density at radius 3 is 2.59 bits per heavy atom. The fraction of sp³-hybridized carbons (Fsp3) is 0.391. The van der Waals surface area contributed by atoms with E-state index in [-0.39, 0.29) is 18.0 Å². The molecule has 0 saturated heterocycles. The smallest absolute Gasteiger partial charge is 0.337 e. The van der Waals surface area contributed by atoms with E-state index < -0.39 is 5.97 Å². The second-order valence-electron chi connectivity index (χ2n) is 8.17. The first-order valence-electron chi connectivity index (χ1n) is 10.5. The summed E-state index contributed by atoms with van der Waals surface area (Å²) in [6.45, 7) is 0.323. The van der Waals surface area contributed by atoms with E-state index >= 15 is 0 Å². The number of amides is 1. The summed E-state index contributed by atoms with van der Waals surface area (Å²) < 4.78 is 6.18. The number of hydrogen-bond acceptors (Lipinski definition) is 7. The predicted octanol–water partition coefficient (Wildman–Crippen LogP) is 2.82. The summed E-state index contributed by atoms with van der Waals surface area (Å²) in [5.41, 5.74) is 1.89. The molecule has 4 rings (SSSR count). The van der Waals surface area contributed by atoms with Gasteiger partial charge in [-0.1, -0.05) is 0 Å². The van der Waals surface area contributed by atoms with Crippen LogP contribution in [0.25, 0.3) is 10.2 Å². The van der Waals surface area contributed by atoms with Crippen LogP contribution in [0.5, 0.6) is 0 Å². The lowest BCUT2D eigenvalue weighted by molar-refractivity contribution is -0.116. The molecule has 1 N–H and O–H groups in total. The maximum atomic E-state index is 13.5. The molecule has 168 valence electrons. The van der Waals surface area contributed by atoms with Crippen molar-refractivity contribution < 1.29 is 14.3 Å². The van der Waals surface area contributed by atoms with E-state index in [0.717, 1.165) is 36.1 Å². The van der Waals surface area contributed by atoms with Gasteiger partial charge in [-0.05, 0) is 69.6 Å². The van der Waals surface area contributed by atoms with Crippen LogP contribution in [0.15, 0.2) is 29.1 Å². The summed E-state index contributed by atoms with van der Waals surface area (Å²) in [5, 5.41) is 3.47. The largest absolute Gasteiger partial charge is 0.465 e. The number of aryl methyl sites for hydroxylation is 2. The van der Waals surface area contributed by atoms with Crippen LogP contribution in [0, 0.1) is 0 Å². The van der Waals surface area contributed by atoms with Crippen LogP contribution in [0.2, 0.25) is 0 Å². The molecule has 1 amide bonds. The molecule has 2 aromatic heterocycles. The number of esters is 1. The van der Waals surface area contributed by atoms with Crippen LogP contribution >= 0.6 is 11.3 Å². The summed E-state index contributed by atoms with van der Waals surface area (Å²) in [6, 6.07) is 6.42. The van der Waals surface area contributed by atoms with Gasteiger partial charge in [-0.3, -0.25) is 14.2 Å². The minimum absolute atomic E-state index is 0.131. The Balaban J connectivity index is 1.64. The topological polar surface area (TPSA) is 93.5 Å². The van der Waals surface area contributed by atoms with E-state index in [1.54, 1.807) is 35.6 Å². The summed E-state index contributed by atoms with van der Waals surface area (Å²) >= 11 is 1.61. The molecule has 0 unspecified atom stereocenters. The third-order valence-corrected chi connectivity index (χ3v) is 6.69. The number of hydrogen-bond donors (Lipinski definition) is 1. The van der Waals surface area contributed by atoms with Gasteiger partial charge in [0, 0.05) is 10.6 Å². The highest BCUT2D eigenvalue weighted by atomic mass is 32.1. The molecule has 0 saturated carbocycles. The molecule has 1 aromatic carbocycles. The van der Waals surface area contributed by atoms with Crippen molar-refractivity contribution in [2.45, 2.75) is 38.8 Å². The lowest BCUT2D eigenvalue weighted by Crippen LogP contribution is -2.33. The highest BCUT2D eigenvalue weighted by Gasteiger charge is 2.23. The monoisotopic (exact) mass is 454 g/mol. The Bertz CT molecular complexity index is 1230. The Kier molecular flexibility index (Phi) is 6.38. The Morgan fingerprint density at radius 1 is 1.19 bits per heavy atom. The zero-order valence-corrected chi connectivity index (χ0v) is 19.3. The molecular weight excluding hydrogens is 428 g/mol. The third kappa shape index (κ3) is 4.44. The first-order chi connectivity index (χ1) is 15.4. The number of ether oxygens (including phenoxy) is 1. The van der Waals surface area contributed by atoms with E-state index in [2.05, 4.69) is 10.1 Å². The molecular formula is C23H26N4O4S. The fourth-order valence-corrected chi connectivity index (χ4v) is 5.27. The number of methoxy groups -OCH3 is 1. The molecule has 0 fully saturated rings. The first kappa shape index (κ1) is 22.2. The van der Waals surface area contributed by atoms with Crippen molar-refractivity contribution in [3.8, 4) is 0 Å². The van der Waals surface area contributed by atoms with Crippen LogP contribution in [-0.4, -0.2) is 47.5 Å². The van der Waals surface area contributed by atoms with Gasteiger partial charge < -0.3 is 15.0 Å². The third-order valence-electron chi connectivity index (χ3n) is 5.50. The van der Waals surface area contributed by atoms with Crippen molar-refractivity contribution in [1.29, 1.82) is 0 Å². The van der Waals surface area contributed by atoms with Gasteiger partial charge in [0.15, 0.2) is 0 Å². The summed E-state index contributed by atoms with van der Waals surface area (Å²) in [5.74, 6) is -0.202. The van der Waals surface area contributed by atoms with E-state index in [1.807, 2.05) is 19.0 Å². The molecule has 1 aliphatic rings. The number of anilines is 1. The maximum absolute atomic E-state index is 13.5. The van der Waals surface area contributed by atoms with Crippen LogP contribution in [0.4, 0.5) is 5.69 Å². The van der Waals surface area contributed by atoms with Crippen molar-refractivity contribution in [3.63, 3.8) is 0 Å². The second-order valence-corrected chi connectivity index (χ2v) is 9.25. The zero-order chi connectivity index (χ0) is 22.8. The Hall–Kier alpha value is -3.04. The van der Waals surface area contributed by atoms with Crippen molar-refractivity contribution in [2.75, 3.05) is 26.5 Å². The van der Waals surface area contributed by atoms with Crippen molar-refractivity contribution in [1.82, 2.24) is 14.5 Å². The van der Waals surface area contributed by atoms with Gasteiger partial charge in [-0.2, -0.15) is 0 Å². The number of thiophene rings is 1. The molecule has 0 spiro atoms. The van der Waals surface area contributed by atoms with Crippen molar-refractivity contribution in [3.05, 3.63) is 56.4 Å². The molecule has 32 heavy (non-hydrogen) atoms. The van der Waals surface area contributed by atoms with E-state index in [9.17, 15) is 14.4 Å². The zero-order valence-electron chi connectivity index (χ0n) is 18.4. The average molecular weight is 455 g/mol. The van der Waals surface area contributed by atoms with Crippen LogP contribution < -0.4 is 10.9 Å². The quantitative estimate of drug-likeness (QED) is 0.576. The van der Waals surface area contributed by atoms with Gasteiger partial charge in [-0.25, -0.2) is 9.78 Å². The molecule has 0 radical (unpaired) electrons. The fourth-order valence-electron chi connectivity index (χ4n) is 4.00. The lowest BCUT2D eigenvalue weighted by Gasteiger charge is -2.16. The van der Waals surface area contributed by atoms with E-state index in [4.69, 9.17) is 4.98 Å². The van der Waals surface area contributed by atoms with Crippen LogP contribution in [-0.2, 0) is 35.5 Å². The van der Waals surface area contributed by atoms with Crippen molar-refractivity contribution >= 4 is 39.1 Å². The van der Waals surface area contributed by atoms with Gasteiger partial charge in [0.1, 0.15) is 17.2 Å². The minimum atomic E-state index is -0.443. The summed E-state index contributed by atoms with van der Waals surface area (Å²) in [4.78, 5) is 46.6. The molecule has 8 nitrogen and oxygen atoms in total. The molecule has 0 atom stereocenters. The first-order valence-corrected chi connectivity index (χ1v) is 11.4. The molecule has 0 bridgehead atoms. The number of fused-ring (bicyclic) bond motifs is 3. The molecule has 9 heteroatoms. The van der Waals surface area contributed by atoms with E-state index in [1.165, 1.54) is 16.6 Å². The number of rotatable bonds is 6. The average Bonchev–Trinajstić information content (AvgIpc) is 3.14. The number of carbonyl (C=O) groups excluding carboxylic acids is 2. The van der Waals surface area contributed by atoms with E-state index in [0.29, 0.717) is 29.0 Å². The van der Waals surface area contributed by atoms with Gasteiger partial charge in [-0.15, -0.1) is 11.3 Å². The number of benzene rings is 1. The van der Waals surface area contributed by atoms with Gasteiger partial charge in [0.25, 0.3) is 5.56 Å². The van der Waals surface area contributed by atoms with Gasteiger partial charge >= 0.3 is 5.97 Å². The van der Waals surface area contributed by atoms with Gasteiger partial charge in [0.2, 0.25) is 5.91 Å². The number of carbonyl (C=O) groups is 2. The molecule has 3 aromatic rings. The lowest BCUT2D eigenvalue weighted by atomic mass is 9.97. The SMILES string of the molecule is COC(=O)c1ccc(NC(=O)Cn2c(CN(C)C)nc3sc4c(c3c2=O)CCCC4)cc1. The van der Waals surface area contributed by atoms with Crippen LogP contribution in [0.3, 0.4) is 0 Å². The van der Waals surface area contributed by atoms with Crippen molar-refractivity contribution in [2.24, 2.45) is 0 Å². The minimum Gasteiger partial charge on any atom is -0.465 e. The van der Waals surface area contributed by atoms with Crippen LogP contribution in [0.1, 0.15) is 39.5 Å². The number of nitrogens with zero attached hydrogens (tertiary/aromatic N) is 3. The normalized spacial score (nSPS) is 13.2. The second kappa shape index (κ2) is 9.22. The number of nitrogens with one attached hydrogen (secondary N) is 1. The predicted molar refractivity (Wildman–Crippen MR) is 124 cm³/mol. The highest BCUT2D eigenvalue weighted by molar-refractivity contribution is 7.18. The summed E-state index contributed by atoms with van der Waals surface area (Å²) in [6.07, 6.45) is 4.08. The molecule has 1 aliphatic carbocycles. The standard InChI is InChI=1S/C23H26N4O4S/c1-26(2)12-18-25-21-20(16-6-4-5-7-17(16)32-21)22(29)27(18)13-19(28)24-15-10-8-14(9-11-15)23(30)31-3/h8-11H,4-7,12-13H2,1-3H3,(H,24,28). The maximum Gasteiger partial charge on any atom is 0.337 e. The summed E-state index contributed by atoms with van der Waals surface area (Å²) in [7, 11) is 5.13. The Labute approximate surface area is 189 Å². The highest BCUT2D eigenvalue weighted by Crippen LogP contribution is 2.33. The number of aromatic nitrogens is 2. The molecule has 0 aliphatic heterocycles.